The van der Waals surface area contributed by atoms with Gasteiger partial charge in [0.25, 0.3) is 0 Å². The van der Waals surface area contributed by atoms with E-state index >= 15 is 0 Å². The molecule has 0 spiro atoms. The Hall–Kier alpha value is 0.310. The first-order chi connectivity index (χ1) is 3.41. The fourth-order valence-corrected chi connectivity index (χ4v) is 0.733. The van der Waals surface area contributed by atoms with E-state index in [0.717, 1.165) is 18.1 Å². The van der Waals surface area contributed by atoms with Gasteiger partial charge >= 0.3 is 0 Å². The van der Waals surface area contributed by atoms with Gasteiger partial charge in [0.15, 0.2) is 0 Å². The molecule has 0 bridgehead atoms. The van der Waals surface area contributed by atoms with Crippen LogP contribution in [-0.2, 0) is 4.74 Å². The van der Waals surface area contributed by atoms with Gasteiger partial charge in [-0.25, -0.2) is 0 Å². The van der Waals surface area contributed by atoms with Crippen LogP contribution in [0.15, 0.2) is 0 Å². The van der Waals surface area contributed by atoms with Gasteiger partial charge in [0.1, 0.15) is 0 Å². The van der Waals surface area contributed by atoms with E-state index < -0.39 is 0 Å². The first-order valence-electron chi connectivity index (χ1n) is 2.27. The van der Waals surface area contributed by atoms with Crippen LogP contribution in [0.4, 0.5) is 0 Å². The summed E-state index contributed by atoms with van der Waals surface area (Å²) >= 11 is 1.80. The highest BCUT2D eigenvalue weighted by Gasteiger charge is 1.79. The summed E-state index contributed by atoms with van der Waals surface area (Å²) in [5.74, 6) is 2.02. The normalized spacial score (nSPS) is 9.43. The zero-order chi connectivity index (χ0) is 5.54. The lowest BCUT2D eigenvalue weighted by molar-refractivity contribution is 0.218. The Balaban J connectivity index is 2.45. The Labute approximate surface area is 49.4 Å². The molecule has 1 radical (unpaired) electrons. The van der Waals surface area contributed by atoms with Crippen molar-refractivity contribution in [2.24, 2.45) is 0 Å². The Bertz CT molecular complexity index is 27.3. The van der Waals surface area contributed by atoms with Crippen molar-refractivity contribution in [3.63, 3.8) is 0 Å². The SMILES string of the molecule is [CH2]CSCCOC. The summed E-state index contributed by atoms with van der Waals surface area (Å²) in [5.41, 5.74) is 0. The summed E-state index contributed by atoms with van der Waals surface area (Å²) in [7, 11) is 1.71. The molecule has 0 N–H and O–H groups in total. The molecular weight excluding hydrogens is 108 g/mol. The van der Waals surface area contributed by atoms with Gasteiger partial charge in [0.2, 0.25) is 0 Å². The molecule has 0 atom stereocenters. The Morgan fingerprint density at radius 1 is 1.71 bits per heavy atom. The maximum Gasteiger partial charge on any atom is 0.0552 e. The maximum absolute atomic E-state index is 4.80. The summed E-state index contributed by atoms with van der Waals surface area (Å²) in [5, 5.41) is 0. The second kappa shape index (κ2) is 6.31. The lowest BCUT2D eigenvalue weighted by Gasteiger charge is -1.93. The van der Waals surface area contributed by atoms with Crippen molar-refractivity contribution in [3.8, 4) is 0 Å². The zero-order valence-electron chi connectivity index (χ0n) is 4.64. The van der Waals surface area contributed by atoms with Crippen LogP contribution >= 0.6 is 11.8 Å². The molecule has 1 nitrogen and oxygen atoms in total. The van der Waals surface area contributed by atoms with Crippen LogP contribution < -0.4 is 0 Å². The van der Waals surface area contributed by atoms with Crippen LogP contribution in [0.25, 0.3) is 0 Å². The first kappa shape index (κ1) is 7.31. The highest BCUT2D eigenvalue weighted by molar-refractivity contribution is 7.99. The van der Waals surface area contributed by atoms with E-state index in [-0.39, 0.29) is 0 Å². The fraction of sp³-hybridized carbons (Fsp3) is 0.800. The van der Waals surface area contributed by atoms with Crippen molar-refractivity contribution in [2.45, 2.75) is 0 Å². The molecule has 0 aromatic heterocycles. The monoisotopic (exact) mass is 119 g/mol. The molecule has 0 aromatic rings. The Morgan fingerprint density at radius 2 is 2.43 bits per heavy atom. The molecule has 0 saturated heterocycles. The van der Waals surface area contributed by atoms with Gasteiger partial charge in [-0.3, -0.25) is 0 Å². The highest BCUT2D eigenvalue weighted by Crippen LogP contribution is 1.95. The van der Waals surface area contributed by atoms with Crippen LogP contribution in [0.5, 0.6) is 0 Å². The summed E-state index contributed by atoms with van der Waals surface area (Å²) in [4.78, 5) is 0. The Kier molecular flexibility index (Phi) is 6.59. The third-order valence-corrected chi connectivity index (χ3v) is 1.32. The van der Waals surface area contributed by atoms with Crippen molar-refractivity contribution in [1.29, 1.82) is 0 Å². The molecule has 0 aliphatic rings. The van der Waals surface area contributed by atoms with Gasteiger partial charge in [0, 0.05) is 12.9 Å². The van der Waals surface area contributed by atoms with E-state index in [1.54, 1.807) is 18.9 Å². The molecule has 7 heavy (non-hydrogen) atoms. The molecule has 0 rings (SSSR count). The minimum Gasteiger partial charge on any atom is -0.384 e. The molecule has 0 aliphatic heterocycles. The minimum atomic E-state index is 0.847. The van der Waals surface area contributed by atoms with Crippen LogP contribution in [0, 0.1) is 6.92 Å². The lowest BCUT2D eigenvalue weighted by atomic mass is 10.9. The summed E-state index contributed by atoms with van der Waals surface area (Å²) in [6.45, 7) is 4.51. The molecule has 0 saturated carbocycles. The molecule has 0 unspecified atom stereocenters. The van der Waals surface area contributed by atoms with Crippen LogP contribution in [0.3, 0.4) is 0 Å². The topological polar surface area (TPSA) is 9.23 Å². The summed E-state index contributed by atoms with van der Waals surface area (Å²) in [6.07, 6.45) is 0. The predicted molar refractivity (Wildman–Crippen MR) is 34.6 cm³/mol. The van der Waals surface area contributed by atoms with Gasteiger partial charge in [-0.1, -0.05) is 0 Å². The Morgan fingerprint density at radius 3 is 2.86 bits per heavy atom. The van der Waals surface area contributed by atoms with Gasteiger partial charge in [-0.05, 0) is 12.7 Å². The quantitative estimate of drug-likeness (QED) is 0.514. The van der Waals surface area contributed by atoms with Gasteiger partial charge in [-0.15, -0.1) is 0 Å². The van der Waals surface area contributed by atoms with Crippen LogP contribution in [0.2, 0.25) is 0 Å². The second-order valence-corrected chi connectivity index (χ2v) is 2.33. The number of hydrogen-bond donors (Lipinski definition) is 0. The number of ether oxygens (including phenoxy) is 1. The van der Waals surface area contributed by atoms with Crippen LogP contribution in [-0.4, -0.2) is 25.2 Å². The highest BCUT2D eigenvalue weighted by atomic mass is 32.2. The smallest absolute Gasteiger partial charge is 0.0552 e. The molecular formula is C5H11OS. The first-order valence-corrected chi connectivity index (χ1v) is 3.43. The van der Waals surface area contributed by atoms with E-state index in [9.17, 15) is 0 Å². The number of hydrogen-bond acceptors (Lipinski definition) is 2. The summed E-state index contributed by atoms with van der Waals surface area (Å²) < 4.78 is 4.80. The van der Waals surface area contributed by atoms with Crippen molar-refractivity contribution in [1.82, 2.24) is 0 Å². The molecule has 2 heteroatoms. The van der Waals surface area contributed by atoms with Crippen LogP contribution in [0.1, 0.15) is 0 Å². The summed E-state index contributed by atoms with van der Waals surface area (Å²) in [6, 6.07) is 0. The lowest BCUT2D eigenvalue weighted by Crippen LogP contribution is -1.90. The molecule has 0 heterocycles. The molecule has 0 aromatic carbocycles. The molecule has 0 amide bonds. The zero-order valence-corrected chi connectivity index (χ0v) is 5.46. The van der Waals surface area contributed by atoms with E-state index in [2.05, 4.69) is 6.92 Å². The molecule has 43 valence electrons. The fourth-order valence-electron chi connectivity index (χ4n) is 0.244. The standard InChI is InChI=1S/C5H11OS/c1-3-7-5-4-6-2/h1,3-5H2,2H3. The number of thioether (sulfide) groups is 1. The van der Waals surface area contributed by atoms with E-state index in [4.69, 9.17) is 4.74 Å². The van der Waals surface area contributed by atoms with Crippen molar-refractivity contribution < 1.29 is 4.74 Å². The predicted octanol–water partition coefficient (Wildman–Crippen LogP) is 1.20. The van der Waals surface area contributed by atoms with Crippen molar-refractivity contribution in [2.75, 3.05) is 25.2 Å². The third-order valence-electron chi connectivity index (χ3n) is 0.576. The minimum absolute atomic E-state index is 0.847. The number of methoxy groups -OCH3 is 1. The average Bonchev–Trinajstić information content (AvgIpc) is 1.69. The van der Waals surface area contributed by atoms with Gasteiger partial charge < -0.3 is 4.74 Å². The third kappa shape index (κ3) is 6.31. The molecule has 0 fully saturated rings. The van der Waals surface area contributed by atoms with Gasteiger partial charge in [-0.2, -0.15) is 11.8 Å². The number of rotatable bonds is 4. The van der Waals surface area contributed by atoms with Crippen molar-refractivity contribution >= 4 is 11.8 Å². The van der Waals surface area contributed by atoms with Crippen molar-refractivity contribution in [3.05, 3.63) is 6.92 Å². The second-order valence-electron chi connectivity index (χ2n) is 1.11. The van der Waals surface area contributed by atoms with E-state index in [0.29, 0.717) is 0 Å². The molecule has 0 aliphatic carbocycles. The van der Waals surface area contributed by atoms with Gasteiger partial charge in [0.05, 0.1) is 6.61 Å². The maximum atomic E-state index is 4.80. The van der Waals surface area contributed by atoms with E-state index in [1.807, 2.05) is 0 Å². The van der Waals surface area contributed by atoms with E-state index in [1.165, 1.54) is 0 Å². The largest absolute Gasteiger partial charge is 0.384 e. The average molecular weight is 119 g/mol.